The quantitative estimate of drug-likeness (QED) is 0.428. The summed E-state index contributed by atoms with van der Waals surface area (Å²) in [5.41, 5.74) is -4.01. The minimum atomic E-state index is -1.60. The van der Waals surface area contributed by atoms with Crippen LogP contribution in [-0.2, 0) is 4.79 Å². The zero-order chi connectivity index (χ0) is 19.6. The monoisotopic (exact) mass is 354 g/mol. The summed E-state index contributed by atoms with van der Waals surface area (Å²) < 4.78 is 0. The van der Waals surface area contributed by atoms with E-state index < -0.39 is 35.4 Å². The molecular weight excluding hydrogens is 324 g/mol. The molecule has 6 nitrogen and oxygen atoms in total. The number of hydrogen-bond donors (Lipinski definition) is 5. The standard InChI is InChI=1S/C19H30O6/c1-12(2)19(5,25)18(4,24)8-6-7-17(3,23)14-10-15(21)13(11-20)9-16(14)22/h6,8-9,14,16,20,22-25H,1,7,10-11H2,2-5H3/b8-6-/t14-,16-,17-,18-,19-/m1/s1. The molecule has 5 N–H and O–H groups in total. The Kier molecular flexibility index (Phi) is 6.53. The maximum absolute atomic E-state index is 11.9. The Morgan fingerprint density at radius 1 is 1.32 bits per heavy atom. The molecule has 0 aromatic rings. The Hall–Kier alpha value is -1.31. The Balaban J connectivity index is 2.90. The third-order valence-electron chi connectivity index (χ3n) is 5.31. The maximum atomic E-state index is 11.9. The van der Waals surface area contributed by atoms with Gasteiger partial charge in [0.15, 0.2) is 5.78 Å². The first-order chi connectivity index (χ1) is 11.3. The van der Waals surface area contributed by atoms with Crippen molar-refractivity contribution in [1.29, 1.82) is 0 Å². The third kappa shape index (κ3) is 4.65. The Morgan fingerprint density at radius 2 is 1.88 bits per heavy atom. The molecule has 0 aromatic heterocycles. The fraction of sp³-hybridized carbons (Fsp3) is 0.632. The summed E-state index contributed by atoms with van der Waals surface area (Å²) in [5.74, 6) is -1.04. The molecule has 0 saturated heterocycles. The van der Waals surface area contributed by atoms with Crippen molar-refractivity contribution in [3.8, 4) is 0 Å². The summed E-state index contributed by atoms with van der Waals surface area (Å²) in [5, 5.41) is 50.7. The van der Waals surface area contributed by atoms with Crippen LogP contribution >= 0.6 is 0 Å². The minimum absolute atomic E-state index is 0.0622. The van der Waals surface area contributed by atoms with Crippen molar-refractivity contribution in [2.24, 2.45) is 5.92 Å². The van der Waals surface area contributed by atoms with E-state index in [0.29, 0.717) is 5.57 Å². The van der Waals surface area contributed by atoms with Crippen LogP contribution in [0.1, 0.15) is 40.5 Å². The number of carbonyl (C=O) groups excluding carboxylic acids is 1. The first-order valence-corrected chi connectivity index (χ1v) is 8.30. The van der Waals surface area contributed by atoms with E-state index in [-0.39, 0.29) is 24.2 Å². The fourth-order valence-corrected chi connectivity index (χ4v) is 2.87. The second-order valence-corrected chi connectivity index (χ2v) is 7.54. The summed E-state index contributed by atoms with van der Waals surface area (Å²) in [6.45, 7) is 9.21. The second kappa shape index (κ2) is 7.51. The highest BCUT2D eigenvalue weighted by Gasteiger charge is 2.42. The Bertz CT molecular complexity index is 583. The van der Waals surface area contributed by atoms with Crippen molar-refractivity contribution in [1.82, 2.24) is 0 Å². The molecule has 0 aliphatic heterocycles. The smallest absolute Gasteiger partial charge is 0.161 e. The van der Waals surface area contributed by atoms with Crippen LogP contribution in [-0.4, -0.2) is 60.8 Å². The Labute approximate surface area is 148 Å². The van der Waals surface area contributed by atoms with Crippen LogP contribution in [0.5, 0.6) is 0 Å². The number of Topliss-reactive ketones (excluding diaryl/α,β-unsaturated/α-hetero) is 1. The number of ketones is 1. The molecule has 1 aliphatic rings. The summed E-state index contributed by atoms with van der Waals surface area (Å²) in [4.78, 5) is 11.9. The van der Waals surface area contributed by atoms with Gasteiger partial charge >= 0.3 is 0 Å². The van der Waals surface area contributed by atoms with Gasteiger partial charge in [-0.25, -0.2) is 0 Å². The van der Waals surface area contributed by atoms with Crippen molar-refractivity contribution in [3.05, 3.63) is 36.0 Å². The molecule has 142 valence electrons. The van der Waals surface area contributed by atoms with Crippen LogP contribution in [0.15, 0.2) is 36.0 Å². The molecular formula is C19H30O6. The van der Waals surface area contributed by atoms with Gasteiger partial charge in [-0.15, -0.1) is 0 Å². The van der Waals surface area contributed by atoms with Gasteiger partial charge in [-0.2, -0.15) is 0 Å². The predicted octanol–water partition coefficient (Wildman–Crippen LogP) is 0.630. The molecule has 0 saturated carbocycles. The van der Waals surface area contributed by atoms with Crippen molar-refractivity contribution in [3.63, 3.8) is 0 Å². The van der Waals surface area contributed by atoms with Gasteiger partial charge < -0.3 is 25.5 Å². The lowest BCUT2D eigenvalue weighted by Gasteiger charge is -2.38. The molecule has 1 aliphatic carbocycles. The van der Waals surface area contributed by atoms with E-state index in [4.69, 9.17) is 5.11 Å². The molecule has 6 heteroatoms. The van der Waals surface area contributed by atoms with Gasteiger partial charge in [-0.3, -0.25) is 4.79 Å². The van der Waals surface area contributed by atoms with Gasteiger partial charge in [-0.05, 0) is 45.8 Å². The van der Waals surface area contributed by atoms with Crippen LogP contribution in [0.2, 0.25) is 0 Å². The number of hydrogen-bond acceptors (Lipinski definition) is 6. The van der Waals surface area contributed by atoms with Crippen LogP contribution in [0.25, 0.3) is 0 Å². The van der Waals surface area contributed by atoms with Crippen LogP contribution in [0.3, 0.4) is 0 Å². The first kappa shape index (κ1) is 21.7. The lowest BCUT2D eigenvalue weighted by atomic mass is 9.74. The zero-order valence-corrected chi connectivity index (χ0v) is 15.4. The molecule has 0 heterocycles. The average Bonchev–Trinajstić information content (AvgIpc) is 2.48. The summed E-state index contributed by atoms with van der Waals surface area (Å²) in [6.07, 6.45) is 3.10. The van der Waals surface area contributed by atoms with Gasteiger partial charge in [0.25, 0.3) is 0 Å². The summed E-state index contributed by atoms with van der Waals surface area (Å²) in [7, 11) is 0. The highest BCUT2D eigenvalue weighted by Crippen LogP contribution is 2.34. The molecule has 0 spiro atoms. The highest BCUT2D eigenvalue weighted by molar-refractivity contribution is 5.96. The fourth-order valence-electron chi connectivity index (χ4n) is 2.87. The van der Waals surface area contributed by atoms with E-state index in [0.717, 1.165) is 0 Å². The SMILES string of the molecule is C=C(C)[C@@](C)(O)[C@](C)(O)/C=C\C[C@@](C)(O)[C@@H]1CC(=O)C(CO)=C[C@H]1O. The summed E-state index contributed by atoms with van der Waals surface area (Å²) >= 11 is 0. The van der Waals surface area contributed by atoms with E-state index >= 15 is 0 Å². The van der Waals surface area contributed by atoms with E-state index in [1.807, 2.05) is 0 Å². The zero-order valence-electron chi connectivity index (χ0n) is 15.4. The van der Waals surface area contributed by atoms with Gasteiger partial charge in [-0.1, -0.05) is 18.7 Å². The van der Waals surface area contributed by atoms with E-state index in [1.54, 1.807) is 6.92 Å². The lowest BCUT2D eigenvalue weighted by molar-refractivity contribution is -0.123. The molecule has 0 radical (unpaired) electrons. The topological polar surface area (TPSA) is 118 Å². The maximum Gasteiger partial charge on any atom is 0.161 e. The predicted molar refractivity (Wildman–Crippen MR) is 94.7 cm³/mol. The highest BCUT2D eigenvalue weighted by atomic mass is 16.4. The molecule has 0 aromatic carbocycles. The number of rotatable bonds is 7. The average molecular weight is 354 g/mol. The van der Waals surface area contributed by atoms with Gasteiger partial charge in [0.2, 0.25) is 0 Å². The minimum Gasteiger partial charge on any atom is -0.392 e. The molecule has 0 unspecified atom stereocenters. The van der Waals surface area contributed by atoms with Crippen molar-refractivity contribution < 1.29 is 30.3 Å². The van der Waals surface area contributed by atoms with Crippen molar-refractivity contribution >= 4 is 5.78 Å². The molecule has 0 fully saturated rings. The molecule has 0 amide bonds. The summed E-state index contributed by atoms with van der Waals surface area (Å²) in [6, 6.07) is 0. The number of aliphatic hydroxyl groups is 5. The lowest BCUT2D eigenvalue weighted by Crippen LogP contribution is -2.49. The first-order valence-electron chi connectivity index (χ1n) is 8.30. The largest absolute Gasteiger partial charge is 0.392 e. The van der Waals surface area contributed by atoms with E-state index in [2.05, 4.69) is 6.58 Å². The van der Waals surface area contributed by atoms with Gasteiger partial charge in [0, 0.05) is 17.9 Å². The molecule has 1 rings (SSSR count). The van der Waals surface area contributed by atoms with Crippen LogP contribution < -0.4 is 0 Å². The van der Waals surface area contributed by atoms with Crippen molar-refractivity contribution in [2.75, 3.05) is 6.61 Å². The van der Waals surface area contributed by atoms with Crippen LogP contribution in [0, 0.1) is 5.92 Å². The molecule has 25 heavy (non-hydrogen) atoms. The van der Waals surface area contributed by atoms with E-state index in [9.17, 15) is 25.2 Å². The third-order valence-corrected chi connectivity index (χ3v) is 5.31. The van der Waals surface area contributed by atoms with Crippen molar-refractivity contribution in [2.45, 2.75) is 63.4 Å². The second-order valence-electron chi connectivity index (χ2n) is 7.54. The molecule has 5 atom stereocenters. The normalized spacial score (nSPS) is 28.8. The van der Waals surface area contributed by atoms with Gasteiger partial charge in [0.05, 0.1) is 18.3 Å². The van der Waals surface area contributed by atoms with Crippen LogP contribution in [0.4, 0.5) is 0 Å². The van der Waals surface area contributed by atoms with E-state index in [1.165, 1.54) is 39.0 Å². The number of carbonyl (C=O) groups is 1. The number of aliphatic hydroxyl groups excluding tert-OH is 2. The molecule has 0 bridgehead atoms. The Morgan fingerprint density at radius 3 is 2.36 bits per heavy atom. The van der Waals surface area contributed by atoms with Gasteiger partial charge in [0.1, 0.15) is 11.2 Å².